The van der Waals surface area contributed by atoms with Gasteiger partial charge in [0, 0.05) is 5.92 Å². The van der Waals surface area contributed by atoms with Gasteiger partial charge in [0.05, 0.1) is 5.56 Å². The van der Waals surface area contributed by atoms with E-state index in [1.165, 1.54) is 12.1 Å². The molecular formula is C19H18F2O2. The quantitative estimate of drug-likeness (QED) is 0.770. The summed E-state index contributed by atoms with van der Waals surface area (Å²) in [4.78, 5) is 10.9. The number of allylic oxidation sites excluding steroid dienone is 1. The Bertz CT molecular complexity index is 674. The van der Waals surface area contributed by atoms with Gasteiger partial charge in [-0.2, -0.15) is 8.78 Å². The summed E-state index contributed by atoms with van der Waals surface area (Å²) in [5, 5.41) is 8.92. The Balaban J connectivity index is 2.23. The van der Waals surface area contributed by atoms with Crippen molar-refractivity contribution < 1.29 is 18.7 Å². The second-order valence-electron chi connectivity index (χ2n) is 5.54. The summed E-state index contributed by atoms with van der Waals surface area (Å²) in [6, 6.07) is 15.8. The van der Waals surface area contributed by atoms with Gasteiger partial charge in [0.15, 0.2) is 0 Å². The molecule has 0 heterocycles. The fourth-order valence-electron chi connectivity index (χ4n) is 2.62. The van der Waals surface area contributed by atoms with E-state index in [1.54, 1.807) is 12.1 Å². The average molecular weight is 316 g/mol. The van der Waals surface area contributed by atoms with Crippen molar-refractivity contribution >= 4 is 5.97 Å². The average Bonchev–Trinajstić information content (AvgIpc) is 2.54. The molecule has 0 radical (unpaired) electrons. The summed E-state index contributed by atoms with van der Waals surface area (Å²) in [5.41, 5.74) is 1.92. The zero-order chi connectivity index (χ0) is 16.8. The minimum atomic E-state index is -1.72. The van der Waals surface area contributed by atoms with Gasteiger partial charge in [-0.05, 0) is 41.7 Å². The topological polar surface area (TPSA) is 37.3 Å². The van der Waals surface area contributed by atoms with Crippen molar-refractivity contribution in [1.29, 1.82) is 0 Å². The lowest BCUT2D eigenvalue weighted by Crippen LogP contribution is -2.04. The van der Waals surface area contributed by atoms with Crippen molar-refractivity contribution in [3.63, 3.8) is 0 Å². The molecule has 23 heavy (non-hydrogen) atoms. The minimum Gasteiger partial charge on any atom is -0.478 e. The number of carbonyl (C=O) groups is 1. The monoisotopic (exact) mass is 316 g/mol. The standard InChI is InChI=1S/C19H18F2O2/c1-13(14-5-3-2-4-6-14)11-17(12-18(20)21)15-7-9-16(10-8-15)19(22)23/h2-10,12-13,17H,11H2,1H3,(H,22,23). The van der Waals surface area contributed by atoms with Crippen LogP contribution in [-0.2, 0) is 0 Å². The van der Waals surface area contributed by atoms with Crippen LogP contribution in [0.3, 0.4) is 0 Å². The van der Waals surface area contributed by atoms with Crippen LogP contribution in [0, 0.1) is 0 Å². The minimum absolute atomic E-state index is 0.107. The molecule has 0 spiro atoms. The number of aromatic carboxylic acids is 1. The highest BCUT2D eigenvalue weighted by Gasteiger charge is 2.16. The molecule has 2 unspecified atom stereocenters. The van der Waals surface area contributed by atoms with Gasteiger partial charge in [0.1, 0.15) is 0 Å². The van der Waals surface area contributed by atoms with Crippen LogP contribution < -0.4 is 0 Å². The molecule has 0 bridgehead atoms. The fraction of sp³-hybridized carbons (Fsp3) is 0.211. The van der Waals surface area contributed by atoms with Crippen molar-refractivity contribution in [3.8, 4) is 0 Å². The van der Waals surface area contributed by atoms with E-state index < -0.39 is 18.0 Å². The molecular weight excluding hydrogens is 298 g/mol. The molecule has 1 N–H and O–H groups in total. The molecule has 2 aromatic rings. The third-order valence-electron chi connectivity index (χ3n) is 3.89. The van der Waals surface area contributed by atoms with E-state index in [9.17, 15) is 13.6 Å². The number of hydrogen-bond donors (Lipinski definition) is 1. The van der Waals surface area contributed by atoms with Crippen LogP contribution in [0.5, 0.6) is 0 Å². The lowest BCUT2D eigenvalue weighted by Gasteiger charge is -2.19. The van der Waals surface area contributed by atoms with Crippen molar-refractivity contribution in [1.82, 2.24) is 0 Å². The second kappa shape index (κ2) is 7.68. The van der Waals surface area contributed by atoms with Gasteiger partial charge in [-0.1, -0.05) is 49.4 Å². The Kier molecular flexibility index (Phi) is 5.63. The smallest absolute Gasteiger partial charge is 0.335 e. The molecule has 0 aliphatic heterocycles. The lowest BCUT2D eigenvalue weighted by atomic mass is 9.86. The van der Waals surface area contributed by atoms with Gasteiger partial charge in [-0.15, -0.1) is 0 Å². The van der Waals surface area contributed by atoms with Gasteiger partial charge in [-0.3, -0.25) is 0 Å². The third-order valence-corrected chi connectivity index (χ3v) is 3.89. The van der Waals surface area contributed by atoms with Crippen LogP contribution in [0.25, 0.3) is 0 Å². The highest BCUT2D eigenvalue weighted by molar-refractivity contribution is 5.87. The first-order valence-electron chi connectivity index (χ1n) is 7.38. The van der Waals surface area contributed by atoms with E-state index >= 15 is 0 Å². The Morgan fingerprint density at radius 3 is 2.17 bits per heavy atom. The maximum atomic E-state index is 12.8. The van der Waals surface area contributed by atoms with Gasteiger partial charge in [0.25, 0.3) is 6.08 Å². The summed E-state index contributed by atoms with van der Waals surface area (Å²) in [5.74, 6) is -1.38. The van der Waals surface area contributed by atoms with Gasteiger partial charge in [0.2, 0.25) is 0 Å². The van der Waals surface area contributed by atoms with E-state index in [-0.39, 0.29) is 11.5 Å². The molecule has 0 fully saturated rings. The summed E-state index contributed by atoms with van der Waals surface area (Å²) < 4.78 is 25.6. The molecule has 0 amide bonds. The first-order valence-corrected chi connectivity index (χ1v) is 7.38. The maximum Gasteiger partial charge on any atom is 0.335 e. The van der Waals surface area contributed by atoms with E-state index in [0.717, 1.165) is 11.6 Å². The number of hydrogen-bond acceptors (Lipinski definition) is 1. The van der Waals surface area contributed by atoms with Crippen LogP contribution in [0.2, 0.25) is 0 Å². The number of benzene rings is 2. The predicted octanol–water partition coefficient (Wildman–Crippen LogP) is 5.44. The molecule has 0 saturated carbocycles. The number of rotatable bonds is 6. The summed E-state index contributed by atoms with van der Waals surface area (Å²) >= 11 is 0. The normalized spacial score (nSPS) is 13.2. The lowest BCUT2D eigenvalue weighted by molar-refractivity contribution is 0.0697. The van der Waals surface area contributed by atoms with E-state index in [2.05, 4.69) is 0 Å². The zero-order valence-electron chi connectivity index (χ0n) is 12.7. The molecule has 2 nitrogen and oxygen atoms in total. The van der Waals surface area contributed by atoms with Gasteiger partial charge in [-0.25, -0.2) is 4.79 Å². The van der Waals surface area contributed by atoms with E-state index in [0.29, 0.717) is 12.0 Å². The van der Waals surface area contributed by atoms with Crippen LogP contribution in [0.4, 0.5) is 8.78 Å². The highest BCUT2D eigenvalue weighted by Crippen LogP contribution is 2.32. The predicted molar refractivity (Wildman–Crippen MR) is 85.9 cm³/mol. The molecule has 0 aliphatic rings. The van der Waals surface area contributed by atoms with Crippen molar-refractivity contribution in [2.75, 3.05) is 0 Å². The highest BCUT2D eigenvalue weighted by atomic mass is 19.3. The molecule has 2 rings (SSSR count). The largest absolute Gasteiger partial charge is 0.478 e. The Morgan fingerprint density at radius 2 is 1.65 bits per heavy atom. The van der Waals surface area contributed by atoms with Crippen molar-refractivity contribution in [2.45, 2.75) is 25.2 Å². The SMILES string of the molecule is CC(CC(C=C(F)F)c1ccc(C(=O)O)cc1)c1ccccc1. The molecule has 120 valence electrons. The zero-order valence-corrected chi connectivity index (χ0v) is 12.7. The van der Waals surface area contributed by atoms with Crippen LogP contribution in [-0.4, -0.2) is 11.1 Å². The van der Waals surface area contributed by atoms with Crippen LogP contribution in [0.15, 0.2) is 66.8 Å². The number of carboxylic acid groups (broad SMARTS) is 1. The number of halogens is 2. The Labute approximate surface area is 134 Å². The fourth-order valence-corrected chi connectivity index (χ4v) is 2.62. The van der Waals surface area contributed by atoms with Gasteiger partial charge >= 0.3 is 5.97 Å². The van der Waals surface area contributed by atoms with Crippen LogP contribution >= 0.6 is 0 Å². The first-order chi connectivity index (χ1) is 11.0. The molecule has 0 saturated heterocycles. The van der Waals surface area contributed by atoms with Gasteiger partial charge < -0.3 is 5.11 Å². The molecule has 4 heteroatoms. The second-order valence-corrected chi connectivity index (χ2v) is 5.54. The van der Waals surface area contributed by atoms with Crippen molar-refractivity contribution in [2.24, 2.45) is 0 Å². The summed E-state index contributed by atoms with van der Waals surface area (Å²) in [7, 11) is 0. The van der Waals surface area contributed by atoms with E-state index in [4.69, 9.17) is 5.11 Å². The molecule has 0 aromatic heterocycles. The van der Waals surface area contributed by atoms with Crippen LogP contribution in [0.1, 0.15) is 46.7 Å². The Hall–Kier alpha value is -2.49. The number of carboxylic acids is 1. The molecule has 2 aromatic carbocycles. The Morgan fingerprint density at radius 1 is 1.04 bits per heavy atom. The molecule has 0 aliphatic carbocycles. The summed E-state index contributed by atoms with van der Waals surface area (Å²) in [6.45, 7) is 2.00. The van der Waals surface area contributed by atoms with Crippen molar-refractivity contribution in [3.05, 3.63) is 83.4 Å². The van der Waals surface area contributed by atoms with E-state index in [1.807, 2.05) is 37.3 Å². The summed E-state index contributed by atoms with van der Waals surface area (Å²) in [6.07, 6.45) is -0.263. The maximum absolute atomic E-state index is 12.8. The third kappa shape index (κ3) is 4.74. The first kappa shape index (κ1) is 16.9. The molecule has 2 atom stereocenters.